The summed E-state index contributed by atoms with van der Waals surface area (Å²) in [7, 11) is 0. The first-order valence-corrected chi connectivity index (χ1v) is 29.1. The molecule has 13 nitrogen and oxygen atoms in total. The summed E-state index contributed by atoms with van der Waals surface area (Å²) in [6.45, 7) is -0.0892. The Labute approximate surface area is 477 Å². The summed E-state index contributed by atoms with van der Waals surface area (Å²) < 4.78 is 116. The lowest BCUT2D eigenvalue weighted by atomic mass is 9.90. The molecule has 0 radical (unpaired) electrons. The van der Waals surface area contributed by atoms with E-state index < -0.39 is 112 Å². The normalized spacial score (nSPS) is 30.0. The van der Waals surface area contributed by atoms with E-state index in [0.29, 0.717) is 68.7 Å². The molecule has 3 N–H and O–H groups in total. The number of carboxylic acid groups (broad SMARTS) is 2. The van der Waals surface area contributed by atoms with Crippen LogP contribution in [0, 0.1) is 46.1 Å². The van der Waals surface area contributed by atoms with Gasteiger partial charge in [-0.25, -0.2) is 13.8 Å². The quantitative estimate of drug-likeness (QED) is 0.112. The largest absolute Gasteiger partial charge is 0.481 e. The lowest BCUT2D eigenvalue weighted by molar-refractivity contribution is -0.148. The number of carbonyl (C=O) groups is 6. The molecule has 10 atom stereocenters. The van der Waals surface area contributed by atoms with Crippen LogP contribution in [0.25, 0.3) is 10.2 Å². The third kappa shape index (κ3) is 14.3. The van der Waals surface area contributed by atoms with Crippen molar-refractivity contribution in [2.45, 2.75) is 152 Å². The van der Waals surface area contributed by atoms with Crippen molar-refractivity contribution >= 4 is 56.9 Å². The van der Waals surface area contributed by atoms with Crippen LogP contribution >= 0.6 is 11.3 Å². The van der Waals surface area contributed by atoms with Gasteiger partial charge in [0.05, 0.1) is 56.9 Å². The number of ketones is 2. The predicted molar refractivity (Wildman–Crippen MR) is 288 cm³/mol. The summed E-state index contributed by atoms with van der Waals surface area (Å²) in [5, 5.41) is 30.6. The Morgan fingerprint density at radius 1 is 0.651 bits per heavy atom. The molecular formula is C61H65F8N3O10S. The number of thiazole rings is 1. The Morgan fingerprint density at radius 2 is 1.13 bits per heavy atom. The number of alkyl halides is 6. The highest BCUT2D eigenvalue weighted by molar-refractivity contribution is 7.20. The number of para-hydroxylation sites is 1. The van der Waals surface area contributed by atoms with Crippen LogP contribution in [0.2, 0.25) is 0 Å². The average molecular weight is 1180 g/mol. The van der Waals surface area contributed by atoms with Gasteiger partial charge in [0.2, 0.25) is 11.8 Å². The van der Waals surface area contributed by atoms with Crippen molar-refractivity contribution in [3.63, 3.8) is 0 Å². The minimum absolute atomic E-state index is 0.0221. The zero-order chi connectivity index (χ0) is 59.6. The number of hydrogen-bond acceptors (Lipinski definition) is 10. The highest BCUT2D eigenvalue weighted by Crippen LogP contribution is 2.58. The number of Topliss-reactive ketones (excluding diaryl/α,β-unsaturated/α-hetero) is 2. The highest BCUT2D eigenvalue weighted by Gasteiger charge is 2.62. The Kier molecular flexibility index (Phi) is 18.3. The lowest BCUT2D eigenvalue weighted by Gasteiger charge is -2.29. The first kappa shape index (κ1) is 61.0. The van der Waals surface area contributed by atoms with Gasteiger partial charge < -0.3 is 29.9 Å². The van der Waals surface area contributed by atoms with Gasteiger partial charge in [0.25, 0.3) is 5.19 Å². The van der Waals surface area contributed by atoms with Gasteiger partial charge in [-0.15, -0.1) is 0 Å². The van der Waals surface area contributed by atoms with E-state index in [0.717, 1.165) is 60.2 Å². The van der Waals surface area contributed by atoms with Crippen LogP contribution in [0.1, 0.15) is 125 Å². The number of ether oxygens (including phenoxy) is 1. The maximum atomic E-state index is 14.3. The Bertz CT molecular complexity index is 3130. The Balaban J connectivity index is 0.000000205. The predicted octanol–water partition coefficient (Wildman–Crippen LogP) is 11.8. The number of aliphatic carboxylic acids is 2. The van der Waals surface area contributed by atoms with Crippen molar-refractivity contribution in [1.29, 1.82) is 0 Å². The van der Waals surface area contributed by atoms with Gasteiger partial charge in [-0.3, -0.25) is 28.8 Å². The van der Waals surface area contributed by atoms with Crippen molar-refractivity contribution in [3.05, 3.63) is 119 Å². The van der Waals surface area contributed by atoms with E-state index in [1.54, 1.807) is 0 Å². The molecule has 2 amide bonds. The van der Waals surface area contributed by atoms with E-state index in [2.05, 4.69) is 4.98 Å². The van der Waals surface area contributed by atoms with Crippen LogP contribution in [-0.2, 0) is 54.0 Å². The van der Waals surface area contributed by atoms with Gasteiger partial charge in [-0.05, 0) is 136 Å². The number of nitrogens with zero attached hydrogens (tertiary/aromatic N) is 3. The third-order valence-electron chi connectivity index (χ3n) is 17.3. The molecule has 2 saturated heterocycles. The van der Waals surface area contributed by atoms with E-state index in [4.69, 9.17) is 4.74 Å². The molecule has 2 aliphatic carbocycles. The molecule has 4 aliphatic heterocycles. The number of aromatic nitrogens is 1. The molecule has 3 aromatic carbocycles. The molecular weight excluding hydrogens is 1120 g/mol. The maximum Gasteiger partial charge on any atom is 0.416 e. The molecule has 4 aromatic rings. The molecule has 10 rings (SSSR count). The van der Waals surface area contributed by atoms with Crippen LogP contribution in [0.3, 0.4) is 0 Å². The number of rotatable bonds is 8. The standard InChI is InChI=1S/C34H34F4N2O5S.C27H31F4NO5/c35-24-14-20(13-23(15-24)34(36,37)38)12-21-8-4-2-1-3-5-9-22-17-33(22,31(43)44)18-28(41)27-16-25(19-40(27)30(21)42)45-32-39-26-10-6-7-11-29(26)46-32;28-20-10-16(9-19(11-20)27(29,30)31)8-17-6-4-2-1-3-5-7-18-13-26(18,25(36)37)14-23(34)22-12-21(33)15-32(22)24(17)35/h5-7,9-11,13-15,21-22,25,27H,1-4,8,12,16-19H2,(H,43,44);5,7,9-11,17-18,21-22,33H,1-4,6,8,12-15H2,(H,36,37)/b9-5-;7-5-/t21-,22-,25-,27+,33-;17-,18-,21-,22+,26-/m11/s1. The fourth-order valence-corrected chi connectivity index (χ4v) is 13.5. The van der Waals surface area contributed by atoms with Gasteiger partial charge in [0.15, 0.2) is 11.6 Å². The first-order chi connectivity index (χ1) is 39.3. The second-order valence-corrected chi connectivity index (χ2v) is 24.3. The monoisotopic (exact) mass is 1180 g/mol. The van der Waals surface area contributed by atoms with E-state index in [1.807, 2.05) is 48.6 Å². The summed E-state index contributed by atoms with van der Waals surface area (Å²) in [6, 6.07) is 10.0. The number of hydrogen-bond donors (Lipinski definition) is 3. The zero-order valence-corrected chi connectivity index (χ0v) is 46.1. The molecule has 446 valence electrons. The summed E-state index contributed by atoms with van der Waals surface area (Å²) in [4.78, 5) is 86.7. The van der Waals surface area contributed by atoms with Crippen LogP contribution in [0.4, 0.5) is 35.1 Å². The van der Waals surface area contributed by atoms with Crippen LogP contribution in [0.15, 0.2) is 85.0 Å². The van der Waals surface area contributed by atoms with Gasteiger partial charge in [-0.2, -0.15) is 26.3 Å². The van der Waals surface area contributed by atoms with E-state index in [1.165, 1.54) is 21.1 Å². The Morgan fingerprint density at radius 3 is 1.61 bits per heavy atom. The first-order valence-electron chi connectivity index (χ1n) is 28.2. The fraction of sp³-hybridized carbons (Fsp3) is 0.525. The number of halogens is 8. The van der Waals surface area contributed by atoms with Gasteiger partial charge in [0.1, 0.15) is 17.7 Å². The maximum absolute atomic E-state index is 14.3. The zero-order valence-electron chi connectivity index (χ0n) is 45.3. The number of carbonyl (C=O) groups excluding carboxylic acids is 4. The van der Waals surface area contributed by atoms with Crippen molar-refractivity contribution in [2.75, 3.05) is 13.1 Å². The summed E-state index contributed by atoms with van der Waals surface area (Å²) in [5.74, 6) is -8.14. The molecule has 83 heavy (non-hydrogen) atoms. The van der Waals surface area contributed by atoms with Crippen molar-refractivity contribution in [3.8, 4) is 5.19 Å². The number of amides is 2. The van der Waals surface area contributed by atoms with Gasteiger partial charge >= 0.3 is 24.3 Å². The molecule has 0 bridgehead atoms. The SMILES string of the molecule is O=C1C[C@]2(C(=O)O)C[C@H]2/C=C\CCCCC[C@H](Cc2cc(F)cc(C(F)(F)F)c2)C(=O)N2C[C@H](O)C[C@@H]12.O=C1C[C@]2(C(=O)O)C[C@H]2/C=C\CCCCC[C@H](Cc2cc(F)cc(C(F)(F)F)c2)C(=O)N2C[C@H](Oc3nc4ccccc4s3)C[C@@H]12. The molecule has 2 saturated carbocycles. The molecule has 5 heterocycles. The molecule has 1 aromatic heterocycles. The number of benzene rings is 3. The van der Waals surface area contributed by atoms with E-state index >= 15 is 0 Å². The highest BCUT2D eigenvalue weighted by atomic mass is 32.1. The van der Waals surface area contributed by atoms with Crippen LogP contribution in [-0.4, -0.2) is 103 Å². The van der Waals surface area contributed by atoms with Gasteiger partial charge in [0, 0.05) is 44.1 Å². The smallest absolute Gasteiger partial charge is 0.416 e. The van der Waals surface area contributed by atoms with E-state index in [9.17, 15) is 79.2 Å². The van der Waals surface area contributed by atoms with Crippen molar-refractivity contribution < 1.29 is 83.9 Å². The van der Waals surface area contributed by atoms with Gasteiger partial charge in [-0.1, -0.05) is 73.5 Å². The number of carboxylic acids is 2. The molecule has 22 heteroatoms. The molecule has 0 spiro atoms. The number of fused-ring (bicyclic) bond motifs is 5. The lowest BCUT2D eigenvalue weighted by Crippen LogP contribution is -2.45. The summed E-state index contributed by atoms with van der Waals surface area (Å²) in [5.41, 5.74) is -3.90. The van der Waals surface area contributed by atoms with Crippen molar-refractivity contribution in [1.82, 2.24) is 14.8 Å². The second-order valence-electron chi connectivity index (χ2n) is 23.3. The van der Waals surface area contributed by atoms with Crippen LogP contribution < -0.4 is 4.74 Å². The average Bonchev–Trinajstić information content (AvgIpc) is 2.03. The Hall–Kier alpha value is -6.55. The summed E-state index contributed by atoms with van der Waals surface area (Å²) in [6.07, 6.45) is 2.81. The van der Waals surface area contributed by atoms with Crippen LogP contribution in [0.5, 0.6) is 5.19 Å². The number of aliphatic hydroxyl groups excluding tert-OH is 1. The fourth-order valence-electron chi connectivity index (χ4n) is 12.6. The van der Waals surface area contributed by atoms with Crippen molar-refractivity contribution in [2.24, 2.45) is 34.5 Å². The molecule has 4 fully saturated rings. The molecule has 6 aliphatic rings. The number of aliphatic hydroxyl groups is 1. The topological polar surface area (TPSA) is 192 Å². The third-order valence-corrected chi connectivity index (χ3v) is 18.2. The number of allylic oxidation sites excluding steroid dienone is 4. The minimum Gasteiger partial charge on any atom is -0.481 e. The molecule has 0 unspecified atom stereocenters. The second kappa shape index (κ2) is 25.0. The summed E-state index contributed by atoms with van der Waals surface area (Å²) >= 11 is 1.33. The van der Waals surface area contributed by atoms with E-state index in [-0.39, 0.29) is 80.4 Å². The minimum atomic E-state index is -4.76.